The molecule has 1 saturated heterocycles. The number of thiophene rings is 1. The summed E-state index contributed by atoms with van der Waals surface area (Å²) in [6, 6.07) is 5.94. The lowest BCUT2D eigenvalue weighted by Gasteiger charge is -2.25. The first-order chi connectivity index (χ1) is 14.4. The molecule has 2 heterocycles. The van der Waals surface area contributed by atoms with Gasteiger partial charge >= 0.3 is 5.97 Å². The van der Waals surface area contributed by atoms with Crippen LogP contribution < -0.4 is 5.32 Å². The summed E-state index contributed by atoms with van der Waals surface area (Å²) in [4.78, 5) is 26.3. The van der Waals surface area contributed by atoms with Gasteiger partial charge in [0.25, 0.3) is 5.91 Å². The predicted molar refractivity (Wildman–Crippen MR) is 115 cm³/mol. The summed E-state index contributed by atoms with van der Waals surface area (Å²) in [7, 11) is -2.21. The molecule has 9 heteroatoms. The van der Waals surface area contributed by atoms with Crippen molar-refractivity contribution in [3.05, 3.63) is 45.8 Å². The van der Waals surface area contributed by atoms with Gasteiger partial charge in [0.1, 0.15) is 5.00 Å². The molecule has 160 valence electrons. The maximum absolute atomic E-state index is 12.8. The third kappa shape index (κ3) is 3.89. The first-order valence-electron chi connectivity index (χ1n) is 10.1. The van der Waals surface area contributed by atoms with Crippen LogP contribution in [0.3, 0.4) is 0 Å². The number of fused-ring (bicyclic) bond motifs is 1. The summed E-state index contributed by atoms with van der Waals surface area (Å²) in [5.74, 6) is -0.838. The van der Waals surface area contributed by atoms with Gasteiger partial charge in [-0.3, -0.25) is 4.79 Å². The molecule has 1 amide bonds. The highest BCUT2D eigenvalue weighted by Crippen LogP contribution is 2.39. The number of benzene rings is 1. The Morgan fingerprint density at radius 3 is 2.40 bits per heavy atom. The van der Waals surface area contributed by atoms with Crippen molar-refractivity contribution < 1.29 is 22.7 Å². The van der Waals surface area contributed by atoms with E-state index in [1.165, 1.54) is 47.0 Å². The second kappa shape index (κ2) is 8.49. The molecular formula is C21H24N2O5S2. The molecule has 0 bridgehead atoms. The molecule has 0 radical (unpaired) electrons. The predicted octanol–water partition coefficient (Wildman–Crippen LogP) is 3.45. The van der Waals surface area contributed by atoms with Crippen LogP contribution >= 0.6 is 11.3 Å². The number of aryl methyl sites for hydroxylation is 1. The van der Waals surface area contributed by atoms with Gasteiger partial charge in [-0.1, -0.05) is 6.42 Å². The van der Waals surface area contributed by atoms with E-state index < -0.39 is 16.0 Å². The van der Waals surface area contributed by atoms with Crippen LogP contribution in [0.4, 0.5) is 5.00 Å². The molecule has 0 atom stereocenters. The van der Waals surface area contributed by atoms with Crippen molar-refractivity contribution in [2.45, 2.75) is 43.4 Å². The molecule has 2 aliphatic rings. The third-order valence-electron chi connectivity index (χ3n) is 5.61. The van der Waals surface area contributed by atoms with Gasteiger partial charge in [-0.25, -0.2) is 13.2 Å². The number of methoxy groups -OCH3 is 1. The molecule has 1 aliphatic carbocycles. The molecule has 2 aromatic rings. The zero-order chi connectivity index (χ0) is 21.3. The zero-order valence-electron chi connectivity index (χ0n) is 16.8. The summed E-state index contributed by atoms with van der Waals surface area (Å²) in [5, 5.41) is 3.30. The van der Waals surface area contributed by atoms with Gasteiger partial charge in [0.2, 0.25) is 10.0 Å². The minimum Gasteiger partial charge on any atom is -0.465 e. The van der Waals surface area contributed by atoms with Crippen molar-refractivity contribution in [2.24, 2.45) is 0 Å². The number of nitrogens with zero attached hydrogens (tertiary/aromatic N) is 1. The maximum Gasteiger partial charge on any atom is 0.341 e. The van der Waals surface area contributed by atoms with Crippen LogP contribution in [0.15, 0.2) is 29.2 Å². The average Bonchev–Trinajstić information content (AvgIpc) is 3.34. The van der Waals surface area contributed by atoms with Crippen LogP contribution in [-0.2, 0) is 27.6 Å². The van der Waals surface area contributed by atoms with Gasteiger partial charge in [0.15, 0.2) is 0 Å². The van der Waals surface area contributed by atoms with E-state index in [4.69, 9.17) is 4.74 Å². The van der Waals surface area contributed by atoms with E-state index in [9.17, 15) is 18.0 Å². The van der Waals surface area contributed by atoms with Gasteiger partial charge < -0.3 is 10.1 Å². The molecular weight excluding hydrogens is 424 g/mol. The molecule has 1 aliphatic heterocycles. The van der Waals surface area contributed by atoms with E-state index in [2.05, 4.69) is 5.32 Å². The Morgan fingerprint density at radius 2 is 1.73 bits per heavy atom. The summed E-state index contributed by atoms with van der Waals surface area (Å²) in [5.41, 5.74) is 1.73. The fraction of sp³-hybridized carbons (Fsp3) is 0.429. The number of sulfonamides is 1. The van der Waals surface area contributed by atoms with Crippen molar-refractivity contribution in [2.75, 3.05) is 25.5 Å². The molecule has 7 nitrogen and oxygen atoms in total. The number of ether oxygens (including phenoxy) is 1. The molecule has 1 N–H and O–H groups in total. The van der Waals surface area contributed by atoms with Crippen LogP contribution in [0.5, 0.6) is 0 Å². The normalized spacial score (nSPS) is 16.8. The molecule has 4 rings (SSSR count). The second-order valence-corrected chi connectivity index (χ2v) is 10.5. The Balaban J connectivity index is 1.53. The highest BCUT2D eigenvalue weighted by molar-refractivity contribution is 7.89. The quantitative estimate of drug-likeness (QED) is 0.707. The number of carbonyl (C=O) groups is 2. The summed E-state index contributed by atoms with van der Waals surface area (Å²) < 4.78 is 31.9. The van der Waals surface area contributed by atoms with Crippen molar-refractivity contribution in [3.8, 4) is 0 Å². The Kier molecular flexibility index (Phi) is 5.95. The number of nitrogens with one attached hydrogen (secondary N) is 1. The first-order valence-corrected chi connectivity index (χ1v) is 12.3. The van der Waals surface area contributed by atoms with Crippen LogP contribution in [0, 0.1) is 0 Å². The lowest BCUT2D eigenvalue weighted by atomic mass is 10.1. The number of piperidine rings is 1. The number of rotatable bonds is 5. The van der Waals surface area contributed by atoms with Gasteiger partial charge in [-0.2, -0.15) is 4.31 Å². The molecule has 0 saturated carbocycles. The Bertz CT molecular complexity index is 1070. The van der Waals surface area contributed by atoms with E-state index in [0.29, 0.717) is 29.2 Å². The standard InChI is InChI=1S/C21H24N2O5S2/c1-28-21(25)18-16-6-5-7-17(16)29-20(18)22-19(24)14-8-10-15(11-9-14)30(26,27)23-12-3-2-4-13-23/h8-11H,2-7,12-13H2,1H3,(H,22,24). The second-order valence-electron chi connectivity index (χ2n) is 7.50. The zero-order valence-corrected chi connectivity index (χ0v) is 18.4. The number of carbonyl (C=O) groups excluding carboxylic acids is 2. The number of hydrogen-bond acceptors (Lipinski definition) is 6. The monoisotopic (exact) mass is 448 g/mol. The molecule has 0 unspecified atom stereocenters. The molecule has 1 aromatic heterocycles. The van der Waals surface area contributed by atoms with Gasteiger partial charge in [-0.05, 0) is 61.9 Å². The summed E-state index contributed by atoms with van der Waals surface area (Å²) in [6.07, 6.45) is 5.47. The fourth-order valence-corrected chi connectivity index (χ4v) is 6.81. The Hall–Kier alpha value is -2.23. The molecule has 1 fully saturated rings. The number of hydrogen-bond donors (Lipinski definition) is 1. The lowest BCUT2D eigenvalue weighted by molar-refractivity contribution is 0.0601. The summed E-state index contributed by atoms with van der Waals surface area (Å²) >= 11 is 1.41. The summed E-state index contributed by atoms with van der Waals surface area (Å²) in [6.45, 7) is 1.06. The Morgan fingerprint density at radius 1 is 1.03 bits per heavy atom. The Labute approximate surface area is 180 Å². The van der Waals surface area contributed by atoms with Crippen molar-refractivity contribution in [3.63, 3.8) is 0 Å². The highest BCUT2D eigenvalue weighted by Gasteiger charge is 2.29. The fourth-order valence-electron chi connectivity index (χ4n) is 4.02. The van der Waals surface area contributed by atoms with Gasteiger partial charge in [-0.15, -0.1) is 11.3 Å². The molecule has 0 spiro atoms. The molecule has 30 heavy (non-hydrogen) atoms. The minimum absolute atomic E-state index is 0.186. The van der Waals surface area contributed by atoms with E-state index in [1.807, 2.05) is 0 Å². The first kappa shape index (κ1) is 21.0. The topological polar surface area (TPSA) is 92.8 Å². The minimum atomic E-state index is -3.54. The van der Waals surface area contributed by atoms with E-state index in [0.717, 1.165) is 49.0 Å². The van der Waals surface area contributed by atoms with Crippen LogP contribution in [-0.4, -0.2) is 44.8 Å². The molecule has 1 aromatic carbocycles. The third-order valence-corrected chi connectivity index (χ3v) is 8.73. The number of anilines is 1. The van der Waals surface area contributed by atoms with Crippen molar-refractivity contribution in [1.29, 1.82) is 0 Å². The van der Waals surface area contributed by atoms with E-state index in [1.54, 1.807) is 0 Å². The van der Waals surface area contributed by atoms with Crippen molar-refractivity contribution >= 4 is 38.2 Å². The van der Waals surface area contributed by atoms with Crippen LogP contribution in [0.2, 0.25) is 0 Å². The van der Waals surface area contributed by atoms with Crippen molar-refractivity contribution in [1.82, 2.24) is 4.31 Å². The number of amides is 1. The van der Waals surface area contributed by atoms with E-state index in [-0.39, 0.29) is 10.8 Å². The van der Waals surface area contributed by atoms with Gasteiger partial charge in [0.05, 0.1) is 17.6 Å². The smallest absolute Gasteiger partial charge is 0.341 e. The number of esters is 1. The van der Waals surface area contributed by atoms with Crippen LogP contribution in [0.25, 0.3) is 0 Å². The average molecular weight is 449 g/mol. The van der Waals surface area contributed by atoms with Gasteiger partial charge in [0, 0.05) is 23.5 Å². The largest absolute Gasteiger partial charge is 0.465 e. The van der Waals surface area contributed by atoms with Crippen LogP contribution in [0.1, 0.15) is 56.8 Å². The SMILES string of the molecule is COC(=O)c1c(NC(=O)c2ccc(S(=O)(=O)N3CCCCC3)cc2)sc2c1CCC2. The highest BCUT2D eigenvalue weighted by atomic mass is 32.2. The lowest BCUT2D eigenvalue weighted by Crippen LogP contribution is -2.35. The maximum atomic E-state index is 12.8. The van der Waals surface area contributed by atoms with E-state index >= 15 is 0 Å².